The quantitative estimate of drug-likeness (QED) is 0.547. The molecule has 6 heteroatoms. The first-order chi connectivity index (χ1) is 10.1. The van der Waals surface area contributed by atoms with Gasteiger partial charge < -0.3 is 24.5 Å². The molecule has 0 atom stereocenters. The van der Waals surface area contributed by atoms with Gasteiger partial charge in [0, 0.05) is 13.5 Å². The van der Waals surface area contributed by atoms with Crippen molar-refractivity contribution >= 4 is 30.0 Å². The average molecular weight is 402 g/mol. The number of rotatable bonds is 1. The molecular weight excluding hydrogens is 346 g/mol. The van der Waals surface area contributed by atoms with E-state index < -0.39 is 0 Å². The topological polar surface area (TPSA) is 97.4 Å². The van der Waals surface area contributed by atoms with Crippen molar-refractivity contribution in [2.75, 3.05) is 7.05 Å². The predicted octanol–water partition coefficient (Wildman–Crippen LogP) is 5.95. The van der Waals surface area contributed by atoms with Crippen LogP contribution in [0.4, 0.5) is 0 Å². The first kappa shape index (κ1) is 73.3. The van der Waals surface area contributed by atoms with E-state index in [4.69, 9.17) is 9.59 Å². The van der Waals surface area contributed by atoms with Gasteiger partial charge in [-0.1, -0.05) is 57.9 Å². The van der Waals surface area contributed by atoms with Gasteiger partial charge in [0.1, 0.15) is 24.1 Å². The van der Waals surface area contributed by atoms with Crippen LogP contribution in [0.15, 0.2) is 0 Å². The van der Waals surface area contributed by atoms with E-state index in [0.717, 1.165) is 12.6 Å². The third kappa shape index (κ3) is 2560. The number of carbonyl (C=O) groups is 5. The zero-order chi connectivity index (χ0) is 19.6. The fraction of sp³-hybridized carbons (Fsp3) is 0.762. The van der Waals surface area contributed by atoms with E-state index in [1.54, 1.807) is 7.05 Å². The lowest BCUT2D eigenvalue weighted by Crippen LogP contribution is -2.15. The maximum absolute atomic E-state index is 10.1. The zero-order valence-electron chi connectivity index (χ0n) is 15.9. The summed E-state index contributed by atoms with van der Waals surface area (Å²) in [6.45, 7) is 14.8. The van der Waals surface area contributed by atoms with Gasteiger partial charge in [0.25, 0.3) is 0 Å². The van der Waals surface area contributed by atoms with Crippen LogP contribution < -0.4 is 5.32 Å². The van der Waals surface area contributed by atoms with Crippen LogP contribution in [0.1, 0.15) is 106 Å². The summed E-state index contributed by atoms with van der Waals surface area (Å²) in [5.74, 6) is 0.426. The standard InChI is InChI=1S/C4H9NO.2C3H6O.2C2H4O.C2H6.5CH4/c1-3-4(6)5-2;2*1-3(2)4;2*1-2-3;1-2;;;;;/h3H2,1-2H3,(H,5,6);2*1-2H3;2*2H,1H3;1-2H3;5*1H4. The molecule has 0 aromatic carbocycles. The number of nitrogens with one attached hydrogen (secondary N) is 1. The molecule has 6 nitrogen and oxygen atoms in total. The smallest absolute Gasteiger partial charge is 0.219 e. The normalized spacial score (nSPS) is 4.81. The van der Waals surface area contributed by atoms with E-state index in [1.807, 2.05) is 20.8 Å². The van der Waals surface area contributed by atoms with E-state index in [1.165, 1.54) is 41.5 Å². The maximum atomic E-state index is 10.1. The molecule has 174 valence electrons. The van der Waals surface area contributed by atoms with Crippen LogP contribution in [-0.4, -0.2) is 37.1 Å². The molecule has 0 rings (SSSR count). The second-order valence-corrected chi connectivity index (χ2v) is 3.31. The van der Waals surface area contributed by atoms with E-state index >= 15 is 0 Å². The molecule has 0 aromatic rings. The van der Waals surface area contributed by atoms with Crippen LogP contribution in [0.3, 0.4) is 0 Å². The monoisotopic (exact) mass is 401 g/mol. The lowest BCUT2D eigenvalue weighted by molar-refractivity contribution is -0.120. The second kappa shape index (κ2) is 104. The number of ketones is 2. The minimum atomic E-state index is 0. The molecule has 27 heavy (non-hydrogen) atoms. The summed E-state index contributed by atoms with van der Waals surface area (Å²) in [7, 11) is 1.63. The molecule has 0 saturated heterocycles. The number of hydrogen-bond acceptors (Lipinski definition) is 5. The van der Waals surface area contributed by atoms with Gasteiger partial charge in [-0.3, -0.25) is 4.79 Å². The Morgan fingerprint density at radius 2 is 0.815 bits per heavy atom. The van der Waals surface area contributed by atoms with E-state index in [2.05, 4.69) is 5.32 Å². The number of hydrogen-bond donors (Lipinski definition) is 1. The highest BCUT2D eigenvalue weighted by Gasteiger charge is 1.84. The number of Topliss-reactive ketones (excluding diaryl/α,β-unsaturated/α-hetero) is 2. The highest BCUT2D eigenvalue weighted by molar-refractivity contribution is 5.75. The molecule has 1 amide bonds. The summed E-state index contributed by atoms with van der Waals surface area (Å²) in [5.41, 5.74) is 0. The second-order valence-electron chi connectivity index (χ2n) is 3.31. The van der Waals surface area contributed by atoms with Crippen LogP contribution in [-0.2, 0) is 24.0 Å². The lowest BCUT2D eigenvalue weighted by Gasteiger charge is -1.87. The van der Waals surface area contributed by atoms with Crippen LogP contribution in [0.25, 0.3) is 0 Å². The Balaban J connectivity index is -0.0000000125. The van der Waals surface area contributed by atoms with Crippen molar-refractivity contribution in [3.05, 3.63) is 0 Å². The summed E-state index contributed by atoms with van der Waals surface area (Å²) in [4.78, 5) is 46.6. The largest absolute Gasteiger partial charge is 0.359 e. The average Bonchev–Trinajstić information content (AvgIpc) is 2.40. The van der Waals surface area contributed by atoms with Gasteiger partial charge >= 0.3 is 0 Å². The molecule has 0 radical (unpaired) electrons. The molecule has 0 spiro atoms. The van der Waals surface area contributed by atoms with Crippen LogP contribution in [0.2, 0.25) is 0 Å². The van der Waals surface area contributed by atoms with Crippen LogP contribution in [0.5, 0.6) is 0 Å². The first-order valence-electron chi connectivity index (χ1n) is 7.05. The molecule has 0 saturated carbocycles. The summed E-state index contributed by atoms with van der Waals surface area (Å²) in [6, 6.07) is 0. The number of carbonyl (C=O) groups excluding carboxylic acids is 5. The summed E-state index contributed by atoms with van der Waals surface area (Å²) in [5, 5.41) is 2.48. The Labute approximate surface area is 172 Å². The van der Waals surface area contributed by atoms with E-state index in [9.17, 15) is 14.4 Å². The van der Waals surface area contributed by atoms with Gasteiger partial charge in [-0.15, -0.1) is 0 Å². The fourth-order valence-corrected chi connectivity index (χ4v) is 0.177. The Morgan fingerprint density at radius 1 is 0.704 bits per heavy atom. The van der Waals surface area contributed by atoms with Gasteiger partial charge in [-0.2, -0.15) is 0 Å². The number of aldehydes is 2. The Kier molecular flexibility index (Phi) is 282. The lowest BCUT2D eigenvalue weighted by atomic mass is 10.5. The van der Waals surface area contributed by atoms with Crippen molar-refractivity contribution in [1.29, 1.82) is 0 Å². The zero-order valence-corrected chi connectivity index (χ0v) is 15.9. The molecule has 0 aliphatic heterocycles. The molecule has 0 fully saturated rings. The molecule has 0 heterocycles. The molecule has 0 aliphatic carbocycles. The van der Waals surface area contributed by atoms with Crippen molar-refractivity contribution in [3.63, 3.8) is 0 Å². The minimum absolute atomic E-state index is 0. The summed E-state index contributed by atoms with van der Waals surface area (Å²) >= 11 is 0. The summed E-state index contributed by atoms with van der Waals surface area (Å²) in [6.07, 6.45) is 2.08. The Hall–Kier alpha value is -1.85. The third-order valence-electron chi connectivity index (χ3n) is 0.600. The third-order valence-corrected chi connectivity index (χ3v) is 0.600. The van der Waals surface area contributed by atoms with E-state index in [-0.39, 0.29) is 54.6 Å². The van der Waals surface area contributed by atoms with Crippen molar-refractivity contribution in [2.24, 2.45) is 0 Å². The molecule has 0 aliphatic rings. The van der Waals surface area contributed by atoms with Gasteiger partial charge in [0.15, 0.2) is 0 Å². The Morgan fingerprint density at radius 3 is 0.815 bits per heavy atom. The minimum Gasteiger partial charge on any atom is -0.359 e. The van der Waals surface area contributed by atoms with Crippen LogP contribution in [0, 0.1) is 0 Å². The van der Waals surface area contributed by atoms with Gasteiger partial charge in [-0.05, 0) is 41.5 Å². The molecule has 1 N–H and O–H groups in total. The Bertz CT molecular complexity index is 221. The highest BCUT2D eigenvalue weighted by Crippen LogP contribution is 1.68. The van der Waals surface area contributed by atoms with Crippen molar-refractivity contribution in [1.82, 2.24) is 5.32 Å². The summed E-state index contributed by atoms with van der Waals surface area (Å²) < 4.78 is 0. The molecule has 0 aromatic heterocycles. The number of amides is 1. The van der Waals surface area contributed by atoms with Crippen molar-refractivity contribution < 1.29 is 24.0 Å². The molecule has 0 bridgehead atoms. The fourth-order valence-electron chi connectivity index (χ4n) is 0.177. The highest BCUT2D eigenvalue weighted by atomic mass is 16.1. The predicted molar refractivity (Wildman–Crippen MR) is 126 cm³/mol. The maximum Gasteiger partial charge on any atom is 0.219 e. The van der Waals surface area contributed by atoms with Gasteiger partial charge in [0.2, 0.25) is 5.91 Å². The SMILES string of the molecule is C.C.C.C.C.CC.CC(C)=O.CC(C)=O.CC=O.CC=O.CCC(=O)NC. The van der Waals surface area contributed by atoms with Crippen molar-refractivity contribution in [3.8, 4) is 0 Å². The first-order valence-corrected chi connectivity index (χ1v) is 7.05. The van der Waals surface area contributed by atoms with Crippen LogP contribution >= 0.6 is 0 Å². The van der Waals surface area contributed by atoms with Gasteiger partial charge in [-0.25, -0.2) is 0 Å². The van der Waals surface area contributed by atoms with Crippen molar-refractivity contribution in [2.45, 2.75) is 106 Å². The van der Waals surface area contributed by atoms with Gasteiger partial charge in [0.05, 0.1) is 0 Å². The molecular formula is C21H55NO5. The van der Waals surface area contributed by atoms with E-state index in [0.29, 0.717) is 6.42 Å². The molecule has 0 unspecified atom stereocenters.